The average molecular weight is 251 g/mol. The zero-order valence-corrected chi connectivity index (χ0v) is 10.9. The maximum absolute atomic E-state index is 3.39. The van der Waals surface area contributed by atoms with Crippen LogP contribution in [-0.4, -0.2) is 32.1 Å². The van der Waals surface area contributed by atoms with Crippen LogP contribution in [0.4, 0.5) is 0 Å². The van der Waals surface area contributed by atoms with Crippen LogP contribution in [0.15, 0.2) is 30.3 Å². The van der Waals surface area contributed by atoms with Crippen LogP contribution in [0.5, 0.6) is 0 Å². The number of rotatable bonds is 5. The van der Waals surface area contributed by atoms with Gasteiger partial charge in [-0.05, 0) is 19.7 Å². The molecule has 0 aromatic heterocycles. The van der Waals surface area contributed by atoms with Crippen molar-refractivity contribution in [2.24, 2.45) is 0 Å². The number of likely N-dealkylation sites (N-methyl/N-ethyl adjacent to an activating group) is 1. The lowest BCUT2D eigenvalue weighted by Gasteiger charge is -2.10. The van der Waals surface area contributed by atoms with E-state index in [0.29, 0.717) is 0 Å². The molecular formula is C11H20Cl2N2. The molecule has 0 bridgehead atoms. The van der Waals surface area contributed by atoms with E-state index in [1.54, 1.807) is 0 Å². The summed E-state index contributed by atoms with van der Waals surface area (Å²) in [6.07, 6.45) is 0. The molecule has 4 heteroatoms. The van der Waals surface area contributed by atoms with Crippen LogP contribution < -0.4 is 5.32 Å². The van der Waals surface area contributed by atoms with E-state index in [2.05, 4.69) is 48.6 Å². The first kappa shape index (κ1) is 17.1. The van der Waals surface area contributed by atoms with E-state index >= 15 is 0 Å². The third kappa shape index (κ3) is 8.70. The summed E-state index contributed by atoms with van der Waals surface area (Å²) in [5.41, 5.74) is 1.35. The first-order valence-corrected chi connectivity index (χ1v) is 4.68. The summed E-state index contributed by atoms with van der Waals surface area (Å²) in [4.78, 5) is 2.18. The van der Waals surface area contributed by atoms with Crippen molar-refractivity contribution < 1.29 is 0 Å². The van der Waals surface area contributed by atoms with Gasteiger partial charge in [0.2, 0.25) is 0 Å². The van der Waals surface area contributed by atoms with Crippen molar-refractivity contribution in [2.75, 3.05) is 27.2 Å². The molecule has 0 aliphatic heterocycles. The summed E-state index contributed by atoms with van der Waals surface area (Å²) < 4.78 is 0. The van der Waals surface area contributed by atoms with Gasteiger partial charge in [0.05, 0.1) is 0 Å². The normalized spacial score (nSPS) is 9.27. The molecule has 1 N–H and O–H groups in total. The molecule has 0 heterocycles. The number of nitrogens with one attached hydrogen (secondary N) is 1. The molecule has 88 valence electrons. The van der Waals surface area contributed by atoms with Crippen molar-refractivity contribution in [2.45, 2.75) is 6.54 Å². The molecule has 1 aromatic rings. The van der Waals surface area contributed by atoms with E-state index in [-0.39, 0.29) is 24.8 Å². The van der Waals surface area contributed by atoms with Crippen LogP contribution in [0.3, 0.4) is 0 Å². The maximum atomic E-state index is 3.39. The lowest BCUT2D eigenvalue weighted by Crippen LogP contribution is -2.26. The zero-order valence-electron chi connectivity index (χ0n) is 9.27. The third-order valence-electron chi connectivity index (χ3n) is 1.91. The quantitative estimate of drug-likeness (QED) is 0.807. The van der Waals surface area contributed by atoms with Crippen LogP contribution in [0.2, 0.25) is 0 Å². The molecule has 0 aliphatic carbocycles. The van der Waals surface area contributed by atoms with Crippen LogP contribution in [-0.2, 0) is 6.54 Å². The van der Waals surface area contributed by atoms with Gasteiger partial charge in [-0.25, -0.2) is 0 Å². The van der Waals surface area contributed by atoms with Crippen molar-refractivity contribution in [1.29, 1.82) is 0 Å². The number of hydrogen-bond acceptors (Lipinski definition) is 2. The second-order valence-electron chi connectivity index (χ2n) is 3.47. The molecule has 0 atom stereocenters. The highest BCUT2D eigenvalue weighted by molar-refractivity contribution is 5.85. The van der Waals surface area contributed by atoms with Crippen molar-refractivity contribution >= 4 is 24.8 Å². The maximum Gasteiger partial charge on any atom is 0.0206 e. The Bertz CT molecular complexity index is 227. The molecule has 0 fully saturated rings. The third-order valence-corrected chi connectivity index (χ3v) is 1.91. The molecule has 0 saturated carbocycles. The van der Waals surface area contributed by atoms with Crippen LogP contribution in [0.1, 0.15) is 5.56 Å². The Kier molecular flexibility index (Phi) is 11.7. The molecule has 15 heavy (non-hydrogen) atoms. The van der Waals surface area contributed by atoms with Gasteiger partial charge in [-0.3, -0.25) is 0 Å². The first-order chi connectivity index (χ1) is 6.29. The van der Waals surface area contributed by atoms with Gasteiger partial charge in [-0.2, -0.15) is 0 Å². The standard InChI is InChI=1S/C11H18N2.2ClH/c1-13(2)9-8-12-10-11-6-4-3-5-7-11;;/h3-7,12H,8-10H2,1-2H3;2*1H. The smallest absolute Gasteiger partial charge is 0.0206 e. The summed E-state index contributed by atoms with van der Waals surface area (Å²) in [7, 11) is 4.17. The minimum atomic E-state index is 0. The van der Waals surface area contributed by atoms with Gasteiger partial charge in [0.1, 0.15) is 0 Å². The number of nitrogens with zero attached hydrogens (tertiary/aromatic N) is 1. The Hall–Kier alpha value is -0.280. The molecule has 0 spiro atoms. The van der Waals surface area contributed by atoms with Crippen LogP contribution >= 0.6 is 24.8 Å². The summed E-state index contributed by atoms with van der Waals surface area (Å²) in [6, 6.07) is 10.5. The first-order valence-electron chi connectivity index (χ1n) is 4.68. The Morgan fingerprint density at radius 1 is 1.07 bits per heavy atom. The predicted octanol–water partition coefficient (Wildman–Crippen LogP) is 2.18. The molecular weight excluding hydrogens is 231 g/mol. The summed E-state index contributed by atoms with van der Waals surface area (Å²) in [6.45, 7) is 3.10. The van der Waals surface area contributed by atoms with E-state index in [9.17, 15) is 0 Å². The van der Waals surface area contributed by atoms with Crippen LogP contribution in [0.25, 0.3) is 0 Å². The highest BCUT2D eigenvalue weighted by atomic mass is 35.5. The Morgan fingerprint density at radius 3 is 2.20 bits per heavy atom. The van der Waals surface area contributed by atoms with Crippen molar-refractivity contribution in [3.63, 3.8) is 0 Å². The summed E-state index contributed by atoms with van der Waals surface area (Å²) in [5.74, 6) is 0. The average Bonchev–Trinajstić information content (AvgIpc) is 2.14. The van der Waals surface area contributed by atoms with Gasteiger partial charge in [-0.15, -0.1) is 24.8 Å². The van der Waals surface area contributed by atoms with Crippen molar-refractivity contribution in [3.05, 3.63) is 35.9 Å². The summed E-state index contributed by atoms with van der Waals surface area (Å²) >= 11 is 0. The molecule has 1 aromatic carbocycles. The fraction of sp³-hybridized carbons (Fsp3) is 0.455. The van der Waals surface area contributed by atoms with Gasteiger partial charge in [-0.1, -0.05) is 30.3 Å². The van der Waals surface area contributed by atoms with Crippen molar-refractivity contribution in [1.82, 2.24) is 10.2 Å². The largest absolute Gasteiger partial charge is 0.311 e. The van der Waals surface area contributed by atoms with E-state index in [4.69, 9.17) is 0 Å². The molecule has 0 radical (unpaired) electrons. The number of hydrogen-bond donors (Lipinski definition) is 1. The van der Waals surface area contributed by atoms with Gasteiger partial charge >= 0.3 is 0 Å². The van der Waals surface area contributed by atoms with Gasteiger partial charge in [0, 0.05) is 19.6 Å². The predicted molar refractivity (Wildman–Crippen MR) is 71.2 cm³/mol. The lowest BCUT2D eigenvalue weighted by molar-refractivity contribution is 0.400. The van der Waals surface area contributed by atoms with Gasteiger partial charge in [0.25, 0.3) is 0 Å². The van der Waals surface area contributed by atoms with E-state index in [0.717, 1.165) is 19.6 Å². The minimum Gasteiger partial charge on any atom is -0.311 e. The number of benzene rings is 1. The fourth-order valence-corrected chi connectivity index (χ4v) is 1.13. The molecule has 0 unspecified atom stereocenters. The SMILES string of the molecule is CN(C)CCNCc1ccccc1.Cl.Cl. The summed E-state index contributed by atoms with van der Waals surface area (Å²) in [5, 5.41) is 3.39. The molecule has 0 aliphatic rings. The minimum absolute atomic E-state index is 0. The Balaban J connectivity index is 0. The molecule has 0 amide bonds. The van der Waals surface area contributed by atoms with E-state index in [1.807, 2.05) is 6.07 Å². The Morgan fingerprint density at radius 2 is 1.67 bits per heavy atom. The molecule has 2 nitrogen and oxygen atoms in total. The zero-order chi connectivity index (χ0) is 9.52. The fourth-order valence-electron chi connectivity index (χ4n) is 1.13. The van der Waals surface area contributed by atoms with E-state index < -0.39 is 0 Å². The topological polar surface area (TPSA) is 15.3 Å². The molecule has 1 rings (SSSR count). The monoisotopic (exact) mass is 250 g/mol. The van der Waals surface area contributed by atoms with Crippen molar-refractivity contribution in [3.8, 4) is 0 Å². The second-order valence-corrected chi connectivity index (χ2v) is 3.47. The number of halogens is 2. The van der Waals surface area contributed by atoms with E-state index in [1.165, 1.54) is 5.56 Å². The van der Waals surface area contributed by atoms with Crippen LogP contribution in [0, 0.1) is 0 Å². The Labute approximate surface area is 105 Å². The van der Waals surface area contributed by atoms with Gasteiger partial charge in [0.15, 0.2) is 0 Å². The highest BCUT2D eigenvalue weighted by Gasteiger charge is 1.91. The highest BCUT2D eigenvalue weighted by Crippen LogP contribution is 1.96. The second kappa shape index (κ2) is 10.2. The molecule has 0 saturated heterocycles. The lowest BCUT2D eigenvalue weighted by atomic mass is 10.2. The van der Waals surface area contributed by atoms with Gasteiger partial charge < -0.3 is 10.2 Å².